The quantitative estimate of drug-likeness (QED) is 0.795. The van der Waals surface area contributed by atoms with Gasteiger partial charge in [0.05, 0.1) is 6.26 Å². The number of piperidine rings is 1. The smallest absolute Gasteiger partial charge is 0.103 e. The Labute approximate surface area is 85.7 Å². The molecular weight excluding hydrogens is 174 g/mol. The van der Waals surface area contributed by atoms with Gasteiger partial charge >= 0.3 is 0 Å². The van der Waals surface area contributed by atoms with Crippen LogP contribution in [-0.2, 0) is 6.42 Å². The maximum Gasteiger partial charge on any atom is 0.103 e. The molecule has 2 heteroatoms. The minimum Gasteiger partial charge on any atom is -0.469 e. The minimum atomic E-state index is 0.902. The van der Waals surface area contributed by atoms with Gasteiger partial charge in [0.15, 0.2) is 0 Å². The molecule has 1 N–H and O–H groups in total. The van der Waals surface area contributed by atoms with Crippen LogP contribution >= 0.6 is 0 Å². The van der Waals surface area contributed by atoms with Crippen LogP contribution in [0.25, 0.3) is 0 Å². The van der Waals surface area contributed by atoms with Gasteiger partial charge in [-0.15, -0.1) is 0 Å². The third-order valence-electron chi connectivity index (χ3n) is 3.01. The van der Waals surface area contributed by atoms with E-state index < -0.39 is 0 Å². The molecule has 1 saturated heterocycles. The Morgan fingerprint density at radius 3 is 3.21 bits per heavy atom. The van der Waals surface area contributed by atoms with Crippen LogP contribution in [0.15, 0.2) is 22.8 Å². The summed E-state index contributed by atoms with van der Waals surface area (Å²) >= 11 is 0. The predicted octanol–water partition coefficient (Wildman–Crippen LogP) is 2.60. The molecular formula is C12H19NO. The van der Waals surface area contributed by atoms with Crippen LogP contribution in [0.4, 0.5) is 0 Å². The third-order valence-corrected chi connectivity index (χ3v) is 3.01. The van der Waals surface area contributed by atoms with E-state index in [4.69, 9.17) is 4.42 Å². The minimum absolute atomic E-state index is 0.902. The molecule has 1 atom stereocenters. The van der Waals surface area contributed by atoms with E-state index in [2.05, 4.69) is 11.4 Å². The van der Waals surface area contributed by atoms with E-state index in [0.717, 1.165) is 18.1 Å². The highest BCUT2D eigenvalue weighted by atomic mass is 16.3. The molecule has 0 saturated carbocycles. The number of hydrogen-bond acceptors (Lipinski definition) is 2. The lowest BCUT2D eigenvalue weighted by atomic mass is 9.94. The number of furan rings is 1. The molecule has 2 rings (SSSR count). The molecule has 1 aromatic heterocycles. The summed E-state index contributed by atoms with van der Waals surface area (Å²) in [6, 6.07) is 4.04. The van der Waals surface area contributed by atoms with Crippen LogP contribution in [0, 0.1) is 5.92 Å². The largest absolute Gasteiger partial charge is 0.469 e. The van der Waals surface area contributed by atoms with Crippen LogP contribution < -0.4 is 5.32 Å². The first-order chi connectivity index (χ1) is 6.95. The first-order valence-electron chi connectivity index (χ1n) is 5.68. The molecule has 0 aliphatic carbocycles. The maximum atomic E-state index is 5.31. The van der Waals surface area contributed by atoms with Gasteiger partial charge in [-0.1, -0.05) is 0 Å². The van der Waals surface area contributed by atoms with E-state index in [0.29, 0.717) is 0 Å². The molecule has 0 radical (unpaired) electrons. The summed E-state index contributed by atoms with van der Waals surface area (Å²) in [5, 5.41) is 3.46. The van der Waals surface area contributed by atoms with Crippen molar-refractivity contribution < 1.29 is 4.42 Å². The van der Waals surface area contributed by atoms with E-state index in [-0.39, 0.29) is 0 Å². The van der Waals surface area contributed by atoms with Crippen LogP contribution in [0.5, 0.6) is 0 Å². The highest BCUT2D eigenvalue weighted by Crippen LogP contribution is 2.17. The van der Waals surface area contributed by atoms with E-state index >= 15 is 0 Å². The summed E-state index contributed by atoms with van der Waals surface area (Å²) in [4.78, 5) is 0. The number of nitrogens with one attached hydrogen (secondary N) is 1. The predicted molar refractivity (Wildman–Crippen MR) is 57.2 cm³/mol. The summed E-state index contributed by atoms with van der Waals surface area (Å²) in [6.07, 6.45) is 8.23. The van der Waals surface area contributed by atoms with E-state index in [9.17, 15) is 0 Å². The second kappa shape index (κ2) is 5.20. The molecule has 1 aromatic rings. The van der Waals surface area contributed by atoms with Crippen LogP contribution in [0.3, 0.4) is 0 Å². The van der Waals surface area contributed by atoms with Crippen molar-refractivity contribution in [1.82, 2.24) is 5.32 Å². The molecule has 0 amide bonds. The van der Waals surface area contributed by atoms with Crippen molar-refractivity contribution in [2.45, 2.75) is 32.1 Å². The molecule has 0 spiro atoms. The van der Waals surface area contributed by atoms with Gasteiger partial charge in [-0.3, -0.25) is 0 Å². The van der Waals surface area contributed by atoms with Crippen molar-refractivity contribution in [3.63, 3.8) is 0 Å². The molecule has 1 aliphatic heterocycles. The normalized spacial score (nSPS) is 22.4. The second-order valence-corrected chi connectivity index (χ2v) is 4.18. The van der Waals surface area contributed by atoms with Gasteiger partial charge in [-0.2, -0.15) is 0 Å². The number of aryl methyl sites for hydroxylation is 1. The highest BCUT2D eigenvalue weighted by Gasteiger charge is 2.12. The Morgan fingerprint density at radius 2 is 2.50 bits per heavy atom. The first kappa shape index (κ1) is 9.78. The summed E-state index contributed by atoms with van der Waals surface area (Å²) < 4.78 is 5.31. The van der Waals surface area contributed by atoms with Gasteiger partial charge in [0.1, 0.15) is 5.76 Å². The van der Waals surface area contributed by atoms with Gasteiger partial charge in [0.25, 0.3) is 0 Å². The number of hydrogen-bond donors (Lipinski definition) is 1. The maximum absolute atomic E-state index is 5.31. The van der Waals surface area contributed by atoms with E-state index in [1.807, 2.05) is 6.07 Å². The zero-order valence-electron chi connectivity index (χ0n) is 8.67. The van der Waals surface area contributed by atoms with Gasteiger partial charge in [0, 0.05) is 6.42 Å². The van der Waals surface area contributed by atoms with Crippen molar-refractivity contribution >= 4 is 0 Å². The Bertz CT molecular complexity index is 237. The van der Waals surface area contributed by atoms with E-state index in [1.165, 1.54) is 38.8 Å². The Hall–Kier alpha value is -0.760. The van der Waals surface area contributed by atoms with Crippen LogP contribution in [0.2, 0.25) is 0 Å². The molecule has 2 nitrogen and oxygen atoms in total. The number of rotatable bonds is 4. The van der Waals surface area contributed by atoms with Crippen LogP contribution in [-0.4, -0.2) is 13.1 Å². The lowest BCUT2D eigenvalue weighted by Gasteiger charge is -2.22. The van der Waals surface area contributed by atoms with E-state index in [1.54, 1.807) is 6.26 Å². The summed E-state index contributed by atoms with van der Waals surface area (Å²) in [7, 11) is 0. The summed E-state index contributed by atoms with van der Waals surface area (Å²) in [6.45, 7) is 2.44. The van der Waals surface area contributed by atoms with Gasteiger partial charge in [-0.05, 0) is 56.8 Å². The molecule has 0 aromatic carbocycles. The molecule has 1 aliphatic rings. The molecule has 1 fully saturated rings. The fraction of sp³-hybridized carbons (Fsp3) is 0.667. The fourth-order valence-electron chi connectivity index (χ4n) is 2.19. The Morgan fingerprint density at radius 1 is 1.50 bits per heavy atom. The van der Waals surface area contributed by atoms with Crippen molar-refractivity contribution in [1.29, 1.82) is 0 Å². The average Bonchev–Trinajstić information content (AvgIpc) is 2.72. The Balaban J connectivity index is 1.62. The second-order valence-electron chi connectivity index (χ2n) is 4.18. The molecule has 14 heavy (non-hydrogen) atoms. The lowest BCUT2D eigenvalue weighted by Crippen LogP contribution is -2.29. The third kappa shape index (κ3) is 2.88. The van der Waals surface area contributed by atoms with Gasteiger partial charge < -0.3 is 9.73 Å². The molecule has 1 unspecified atom stereocenters. The standard InChI is InChI=1S/C12H19NO/c1(6-12-7-3-9-14-12)4-11-5-2-8-13-10-11/h3,7,9,11,13H,1-2,4-6,8,10H2. The topological polar surface area (TPSA) is 25.2 Å². The average molecular weight is 193 g/mol. The SMILES string of the molecule is c1coc(CCCC2CCCNC2)c1. The van der Waals surface area contributed by atoms with Gasteiger partial charge in [0.2, 0.25) is 0 Å². The van der Waals surface area contributed by atoms with Crippen LogP contribution in [0.1, 0.15) is 31.4 Å². The molecule has 0 bridgehead atoms. The van der Waals surface area contributed by atoms with Crippen molar-refractivity contribution in [2.75, 3.05) is 13.1 Å². The lowest BCUT2D eigenvalue weighted by molar-refractivity contribution is 0.346. The Kier molecular flexibility index (Phi) is 3.64. The summed E-state index contributed by atoms with van der Waals surface area (Å²) in [5.74, 6) is 2.03. The van der Waals surface area contributed by atoms with Crippen molar-refractivity contribution in [2.24, 2.45) is 5.92 Å². The first-order valence-corrected chi connectivity index (χ1v) is 5.68. The molecule has 2 heterocycles. The van der Waals surface area contributed by atoms with Gasteiger partial charge in [-0.25, -0.2) is 0 Å². The zero-order valence-corrected chi connectivity index (χ0v) is 8.67. The van der Waals surface area contributed by atoms with Crippen molar-refractivity contribution in [3.05, 3.63) is 24.2 Å². The molecule has 78 valence electrons. The summed E-state index contributed by atoms with van der Waals surface area (Å²) in [5.41, 5.74) is 0. The zero-order chi connectivity index (χ0) is 9.64. The highest BCUT2D eigenvalue weighted by molar-refractivity contribution is 4.97. The van der Waals surface area contributed by atoms with Crippen molar-refractivity contribution in [3.8, 4) is 0 Å². The monoisotopic (exact) mass is 193 g/mol. The fourth-order valence-corrected chi connectivity index (χ4v) is 2.19.